The third kappa shape index (κ3) is 2.20. The topological polar surface area (TPSA) is 49.5 Å². The van der Waals surface area contributed by atoms with Gasteiger partial charge in [-0.1, -0.05) is 18.2 Å². The Bertz CT molecular complexity index is 325. The van der Waals surface area contributed by atoms with Crippen LogP contribution in [0.3, 0.4) is 0 Å². The Balaban J connectivity index is 2.29. The van der Waals surface area contributed by atoms with E-state index in [2.05, 4.69) is 11.0 Å². The van der Waals surface area contributed by atoms with E-state index in [0.717, 1.165) is 24.3 Å². The van der Waals surface area contributed by atoms with Gasteiger partial charge >= 0.3 is 0 Å². The maximum Gasteiger partial charge on any atom is 0.0958 e. The van der Waals surface area contributed by atoms with Crippen molar-refractivity contribution in [1.29, 1.82) is 0 Å². The Labute approximate surface area is 96.9 Å². The molecule has 1 fully saturated rings. The summed E-state index contributed by atoms with van der Waals surface area (Å²) >= 11 is 0. The first-order valence-corrected chi connectivity index (χ1v) is 5.97. The van der Waals surface area contributed by atoms with Crippen molar-refractivity contribution in [3.63, 3.8) is 0 Å². The predicted octanol–water partition coefficient (Wildman–Crippen LogP) is 1.67. The second kappa shape index (κ2) is 4.85. The van der Waals surface area contributed by atoms with E-state index in [1.807, 2.05) is 25.1 Å². The highest BCUT2D eigenvalue weighted by Gasteiger charge is 2.21. The SMILES string of the molecule is CC(N)C(O)c1ccccc1N1CCCC1. The molecule has 88 valence electrons. The van der Waals surface area contributed by atoms with Gasteiger partial charge in [0.1, 0.15) is 0 Å². The van der Waals surface area contributed by atoms with Gasteiger partial charge in [0.25, 0.3) is 0 Å². The van der Waals surface area contributed by atoms with Crippen LogP contribution in [0.2, 0.25) is 0 Å². The molecule has 0 aromatic heterocycles. The van der Waals surface area contributed by atoms with Crippen molar-refractivity contribution >= 4 is 5.69 Å². The maximum absolute atomic E-state index is 10.1. The van der Waals surface area contributed by atoms with Gasteiger partial charge in [-0.3, -0.25) is 0 Å². The number of aliphatic hydroxyl groups excluding tert-OH is 1. The molecule has 1 heterocycles. The Morgan fingerprint density at radius 2 is 1.88 bits per heavy atom. The monoisotopic (exact) mass is 220 g/mol. The number of nitrogens with zero attached hydrogens (tertiary/aromatic N) is 1. The molecule has 0 spiro atoms. The molecule has 16 heavy (non-hydrogen) atoms. The minimum atomic E-state index is -0.572. The van der Waals surface area contributed by atoms with Crippen LogP contribution in [0.1, 0.15) is 31.4 Å². The molecule has 3 heteroatoms. The minimum Gasteiger partial charge on any atom is -0.387 e. The summed E-state index contributed by atoms with van der Waals surface area (Å²) in [6.07, 6.45) is 1.90. The molecule has 0 radical (unpaired) electrons. The van der Waals surface area contributed by atoms with E-state index in [4.69, 9.17) is 5.73 Å². The molecule has 0 aliphatic carbocycles. The summed E-state index contributed by atoms with van der Waals surface area (Å²) in [5.74, 6) is 0. The summed E-state index contributed by atoms with van der Waals surface area (Å²) in [6, 6.07) is 7.79. The largest absolute Gasteiger partial charge is 0.387 e. The van der Waals surface area contributed by atoms with Gasteiger partial charge < -0.3 is 15.7 Å². The number of nitrogens with two attached hydrogens (primary N) is 1. The standard InChI is InChI=1S/C13H20N2O/c1-10(14)13(16)11-6-2-3-7-12(11)15-8-4-5-9-15/h2-3,6-7,10,13,16H,4-5,8-9,14H2,1H3. The van der Waals surface area contributed by atoms with Crippen LogP contribution in [-0.4, -0.2) is 24.2 Å². The number of aliphatic hydroxyl groups is 1. The molecule has 0 saturated carbocycles. The molecule has 2 unspecified atom stereocenters. The lowest BCUT2D eigenvalue weighted by Gasteiger charge is -2.25. The molecule has 1 aromatic carbocycles. The van der Waals surface area contributed by atoms with Crippen LogP contribution in [0.4, 0.5) is 5.69 Å². The van der Waals surface area contributed by atoms with E-state index >= 15 is 0 Å². The molecular formula is C13H20N2O. The number of rotatable bonds is 3. The van der Waals surface area contributed by atoms with Crippen LogP contribution < -0.4 is 10.6 Å². The Morgan fingerprint density at radius 3 is 2.50 bits per heavy atom. The van der Waals surface area contributed by atoms with E-state index in [1.165, 1.54) is 12.8 Å². The van der Waals surface area contributed by atoms with Crippen molar-refractivity contribution in [3.8, 4) is 0 Å². The predicted molar refractivity (Wildman–Crippen MR) is 66.5 cm³/mol. The first-order chi connectivity index (χ1) is 7.70. The molecule has 1 aliphatic rings. The second-order valence-corrected chi connectivity index (χ2v) is 4.56. The molecule has 1 aromatic rings. The lowest BCUT2D eigenvalue weighted by atomic mass is 10.0. The zero-order valence-electron chi connectivity index (χ0n) is 9.76. The normalized spacial score (nSPS) is 19.8. The average Bonchev–Trinajstić information content (AvgIpc) is 2.81. The molecular weight excluding hydrogens is 200 g/mol. The highest BCUT2D eigenvalue weighted by molar-refractivity contribution is 5.55. The molecule has 0 amide bonds. The number of hydrogen-bond donors (Lipinski definition) is 2. The zero-order valence-corrected chi connectivity index (χ0v) is 9.76. The minimum absolute atomic E-state index is 0.233. The maximum atomic E-state index is 10.1. The Hall–Kier alpha value is -1.06. The van der Waals surface area contributed by atoms with E-state index in [1.54, 1.807) is 0 Å². The third-order valence-corrected chi connectivity index (χ3v) is 3.20. The van der Waals surface area contributed by atoms with Crippen molar-refractivity contribution in [1.82, 2.24) is 0 Å². The highest BCUT2D eigenvalue weighted by Crippen LogP contribution is 2.29. The number of benzene rings is 1. The van der Waals surface area contributed by atoms with Crippen molar-refractivity contribution in [3.05, 3.63) is 29.8 Å². The van der Waals surface area contributed by atoms with Gasteiger partial charge in [-0.2, -0.15) is 0 Å². The number of para-hydroxylation sites is 1. The van der Waals surface area contributed by atoms with Gasteiger partial charge in [-0.25, -0.2) is 0 Å². The second-order valence-electron chi connectivity index (χ2n) is 4.56. The summed E-state index contributed by atoms with van der Waals surface area (Å²) in [4.78, 5) is 2.33. The average molecular weight is 220 g/mol. The van der Waals surface area contributed by atoms with Crippen LogP contribution in [0.5, 0.6) is 0 Å². The fourth-order valence-corrected chi connectivity index (χ4v) is 2.27. The van der Waals surface area contributed by atoms with Crippen molar-refractivity contribution < 1.29 is 5.11 Å². The highest BCUT2D eigenvalue weighted by atomic mass is 16.3. The van der Waals surface area contributed by atoms with Gasteiger partial charge in [0.05, 0.1) is 6.10 Å². The van der Waals surface area contributed by atoms with Crippen molar-refractivity contribution in [2.45, 2.75) is 31.9 Å². The van der Waals surface area contributed by atoms with E-state index in [-0.39, 0.29) is 6.04 Å². The van der Waals surface area contributed by atoms with Gasteiger partial charge in [0, 0.05) is 30.4 Å². The smallest absolute Gasteiger partial charge is 0.0958 e. The van der Waals surface area contributed by atoms with Gasteiger partial charge in [0.2, 0.25) is 0 Å². The number of hydrogen-bond acceptors (Lipinski definition) is 3. The lowest BCUT2D eigenvalue weighted by molar-refractivity contribution is 0.154. The fourth-order valence-electron chi connectivity index (χ4n) is 2.27. The van der Waals surface area contributed by atoms with Crippen molar-refractivity contribution in [2.24, 2.45) is 5.73 Å². The Kier molecular flexibility index (Phi) is 3.46. The van der Waals surface area contributed by atoms with Crippen LogP contribution >= 0.6 is 0 Å². The van der Waals surface area contributed by atoms with Gasteiger partial charge in [0.15, 0.2) is 0 Å². The first-order valence-electron chi connectivity index (χ1n) is 5.97. The van der Waals surface area contributed by atoms with Crippen molar-refractivity contribution in [2.75, 3.05) is 18.0 Å². The van der Waals surface area contributed by atoms with Crippen LogP contribution in [0.15, 0.2) is 24.3 Å². The number of anilines is 1. The van der Waals surface area contributed by atoms with E-state index in [9.17, 15) is 5.11 Å². The summed E-state index contributed by atoms with van der Waals surface area (Å²) < 4.78 is 0. The summed E-state index contributed by atoms with van der Waals surface area (Å²) in [6.45, 7) is 4.01. The summed E-state index contributed by atoms with van der Waals surface area (Å²) in [5.41, 5.74) is 7.87. The lowest BCUT2D eigenvalue weighted by Crippen LogP contribution is -2.27. The van der Waals surface area contributed by atoms with Crippen LogP contribution in [0.25, 0.3) is 0 Å². The van der Waals surface area contributed by atoms with Gasteiger partial charge in [-0.05, 0) is 25.8 Å². The zero-order chi connectivity index (χ0) is 11.5. The quantitative estimate of drug-likeness (QED) is 0.814. The van der Waals surface area contributed by atoms with Crippen LogP contribution in [0, 0.1) is 0 Å². The molecule has 2 atom stereocenters. The summed E-state index contributed by atoms with van der Waals surface area (Å²) in [5, 5.41) is 10.1. The van der Waals surface area contributed by atoms with E-state index in [0.29, 0.717) is 0 Å². The van der Waals surface area contributed by atoms with E-state index < -0.39 is 6.10 Å². The molecule has 1 aliphatic heterocycles. The third-order valence-electron chi connectivity index (χ3n) is 3.20. The first kappa shape index (κ1) is 11.4. The molecule has 3 nitrogen and oxygen atoms in total. The molecule has 1 saturated heterocycles. The molecule has 3 N–H and O–H groups in total. The molecule has 2 rings (SSSR count). The Morgan fingerprint density at radius 1 is 1.25 bits per heavy atom. The van der Waals surface area contributed by atoms with Crippen LogP contribution in [-0.2, 0) is 0 Å². The fraction of sp³-hybridized carbons (Fsp3) is 0.538. The van der Waals surface area contributed by atoms with Gasteiger partial charge in [-0.15, -0.1) is 0 Å². The summed E-state index contributed by atoms with van der Waals surface area (Å²) in [7, 11) is 0. The molecule has 0 bridgehead atoms.